The van der Waals surface area contributed by atoms with Gasteiger partial charge in [-0.15, -0.1) is 0 Å². The van der Waals surface area contributed by atoms with E-state index < -0.39 is 16.8 Å². The van der Waals surface area contributed by atoms with Crippen molar-refractivity contribution in [1.29, 1.82) is 0 Å². The van der Waals surface area contributed by atoms with Crippen molar-refractivity contribution in [3.63, 3.8) is 0 Å². The lowest BCUT2D eigenvalue weighted by Gasteiger charge is -2.13. The van der Waals surface area contributed by atoms with Gasteiger partial charge in [-0.1, -0.05) is 11.6 Å². The Labute approximate surface area is 130 Å². The fraction of sp³-hybridized carbons (Fsp3) is 0.286. The summed E-state index contributed by atoms with van der Waals surface area (Å²) in [5.74, 6) is 0.182. The van der Waals surface area contributed by atoms with E-state index in [9.17, 15) is 9.00 Å². The Morgan fingerprint density at radius 1 is 1.52 bits per heavy atom. The molecule has 0 aliphatic rings. The van der Waals surface area contributed by atoms with Crippen LogP contribution in [-0.2, 0) is 21.3 Å². The third kappa shape index (κ3) is 4.15. The molecule has 7 heteroatoms. The molecular formula is C14H16ClN3O2S. The Morgan fingerprint density at radius 3 is 2.90 bits per heavy atom. The second-order valence-corrected chi connectivity index (χ2v) is 6.52. The van der Waals surface area contributed by atoms with Gasteiger partial charge in [-0.2, -0.15) is 5.10 Å². The molecule has 1 heterocycles. The lowest BCUT2D eigenvalue weighted by Crippen LogP contribution is -2.24. The van der Waals surface area contributed by atoms with Gasteiger partial charge in [-0.3, -0.25) is 13.7 Å². The van der Waals surface area contributed by atoms with E-state index in [4.69, 9.17) is 11.6 Å². The summed E-state index contributed by atoms with van der Waals surface area (Å²) in [5.41, 5.74) is 1.38. The normalized spacial score (nSPS) is 13.7. The fourth-order valence-electron chi connectivity index (χ4n) is 1.86. The molecule has 0 aliphatic carbocycles. The molecular weight excluding hydrogens is 310 g/mol. The predicted molar refractivity (Wildman–Crippen MR) is 84.8 cm³/mol. The second-order valence-electron chi connectivity index (χ2n) is 4.68. The predicted octanol–water partition coefficient (Wildman–Crippen LogP) is 2.61. The number of benzene rings is 1. The highest BCUT2D eigenvalue weighted by Gasteiger charge is 2.15. The molecule has 21 heavy (non-hydrogen) atoms. The molecule has 1 aromatic carbocycles. The van der Waals surface area contributed by atoms with Gasteiger partial charge in [0.1, 0.15) is 6.04 Å². The number of rotatable bonds is 5. The van der Waals surface area contributed by atoms with Crippen LogP contribution in [-0.4, -0.2) is 26.2 Å². The molecule has 2 rings (SSSR count). The van der Waals surface area contributed by atoms with Crippen LogP contribution in [0.5, 0.6) is 0 Å². The van der Waals surface area contributed by atoms with E-state index in [2.05, 4.69) is 10.4 Å². The van der Waals surface area contributed by atoms with Crippen LogP contribution in [0.4, 0.5) is 5.69 Å². The lowest BCUT2D eigenvalue weighted by molar-refractivity contribution is -0.119. The Hall–Kier alpha value is -1.66. The standard InChI is InChI=1S/C14H16ClN3O2S/c1-10(18-7-3-6-16-18)14(19)17-12-4-5-13(15)11(8-12)9-21(2)20/h3-8,10H,9H2,1-2H3,(H,17,19)/t10-,21-/m1/s1. The molecule has 1 amide bonds. The van der Waals surface area contributed by atoms with Crippen LogP contribution in [0.2, 0.25) is 5.02 Å². The maximum absolute atomic E-state index is 12.2. The number of carbonyl (C=O) groups is 1. The maximum Gasteiger partial charge on any atom is 0.248 e. The first-order valence-corrected chi connectivity index (χ1v) is 8.46. The van der Waals surface area contributed by atoms with Gasteiger partial charge in [0.2, 0.25) is 5.91 Å². The van der Waals surface area contributed by atoms with E-state index in [0.29, 0.717) is 16.5 Å². The first-order chi connectivity index (χ1) is 9.97. The van der Waals surface area contributed by atoms with Crippen molar-refractivity contribution in [2.24, 2.45) is 0 Å². The Bertz CT molecular complexity index is 658. The summed E-state index contributed by atoms with van der Waals surface area (Å²) >= 11 is 6.06. The molecule has 0 unspecified atom stereocenters. The molecule has 112 valence electrons. The summed E-state index contributed by atoms with van der Waals surface area (Å²) in [6, 6.07) is 6.51. The first-order valence-electron chi connectivity index (χ1n) is 6.36. The number of aromatic nitrogens is 2. The van der Waals surface area contributed by atoms with Gasteiger partial charge in [-0.25, -0.2) is 0 Å². The molecule has 1 N–H and O–H groups in total. The van der Waals surface area contributed by atoms with Crippen LogP contribution >= 0.6 is 11.6 Å². The van der Waals surface area contributed by atoms with Crippen molar-refractivity contribution < 1.29 is 9.00 Å². The maximum atomic E-state index is 12.2. The van der Waals surface area contributed by atoms with Gasteiger partial charge in [0, 0.05) is 45.9 Å². The molecule has 2 atom stereocenters. The van der Waals surface area contributed by atoms with Gasteiger partial charge in [0.15, 0.2) is 0 Å². The van der Waals surface area contributed by atoms with Crippen molar-refractivity contribution >= 4 is 34.0 Å². The summed E-state index contributed by atoms with van der Waals surface area (Å²) in [4.78, 5) is 12.2. The van der Waals surface area contributed by atoms with Crippen molar-refractivity contribution in [3.8, 4) is 0 Å². The van der Waals surface area contributed by atoms with Crippen molar-refractivity contribution in [2.45, 2.75) is 18.7 Å². The number of hydrogen-bond donors (Lipinski definition) is 1. The number of amides is 1. The summed E-state index contributed by atoms with van der Waals surface area (Å²) < 4.78 is 12.9. The van der Waals surface area contributed by atoms with Crippen molar-refractivity contribution in [1.82, 2.24) is 9.78 Å². The van der Waals surface area contributed by atoms with E-state index in [-0.39, 0.29) is 5.91 Å². The zero-order chi connectivity index (χ0) is 15.4. The first kappa shape index (κ1) is 15.7. The summed E-state index contributed by atoms with van der Waals surface area (Å²) in [7, 11) is -0.992. The van der Waals surface area contributed by atoms with Crippen LogP contribution in [0, 0.1) is 0 Å². The smallest absolute Gasteiger partial charge is 0.248 e. The Balaban J connectivity index is 2.12. The van der Waals surface area contributed by atoms with E-state index in [0.717, 1.165) is 5.56 Å². The van der Waals surface area contributed by atoms with Crippen LogP contribution in [0.25, 0.3) is 0 Å². The number of hydrogen-bond acceptors (Lipinski definition) is 3. The average Bonchev–Trinajstić information content (AvgIpc) is 2.95. The minimum absolute atomic E-state index is 0.176. The quantitative estimate of drug-likeness (QED) is 0.919. The molecule has 0 bridgehead atoms. The number of nitrogens with one attached hydrogen (secondary N) is 1. The highest BCUT2D eigenvalue weighted by Crippen LogP contribution is 2.22. The molecule has 5 nitrogen and oxygen atoms in total. The van der Waals surface area contributed by atoms with Gasteiger partial charge in [0.05, 0.1) is 0 Å². The van der Waals surface area contributed by atoms with E-state index in [1.807, 2.05) is 0 Å². The van der Waals surface area contributed by atoms with E-state index in [1.165, 1.54) is 0 Å². The molecule has 0 saturated heterocycles. The van der Waals surface area contributed by atoms with E-state index >= 15 is 0 Å². The third-order valence-electron chi connectivity index (χ3n) is 2.97. The highest BCUT2D eigenvalue weighted by atomic mass is 35.5. The zero-order valence-corrected chi connectivity index (χ0v) is 13.3. The minimum atomic E-state index is -0.992. The molecule has 0 fully saturated rings. The molecule has 0 aliphatic heterocycles. The SMILES string of the molecule is C[C@H](C(=O)Nc1ccc(Cl)c(C[S@@](C)=O)c1)n1cccn1. The van der Waals surface area contributed by atoms with Gasteiger partial charge in [-0.05, 0) is 36.8 Å². The summed E-state index contributed by atoms with van der Waals surface area (Å²) in [5, 5.41) is 7.40. The average molecular weight is 326 g/mol. The third-order valence-corrected chi connectivity index (χ3v) is 4.06. The molecule has 2 aromatic rings. The fourth-order valence-corrected chi connectivity index (χ4v) is 2.80. The summed E-state index contributed by atoms with van der Waals surface area (Å²) in [6.07, 6.45) is 4.97. The minimum Gasteiger partial charge on any atom is -0.324 e. The second kappa shape index (κ2) is 6.87. The molecule has 0 spiro atoms. The number of nitrogens with zero attached hydrogens (tertiary/aromatic N) is 2. The molecule has 0 radical (unpaired) electrons. The Kier molecular flexibility index (Phi) is 5.14. The summed E-state index contributed by atoms with van der Waals surface area (Å²) in [6.45, 7) is 1.76. The van der Waals surface area contributed by atoms with Crippen LogP contribution in [0.1, 0.15) is 18.5 Å². The number of carbonyl (C=O) groups excluding carboxylic acids is 1. The van der Waals surface area contributed by atoms with Crippen LogP contribution < -0.4 is 5.32 Å². The highest BCUT2D eigenvalue weighted by molar-refractivity contribution is 7.83. The topological polar surface area (TPSA) is 64.0 Å². The number of anilines is 1. The van der Waals surface area contributed by atoms with E-state index in [1.54, 1.807) is 54.5 Å². The van der Waals surface area contributed by atoms with Crippen molar-refractivity contribution in [2.75, 3.05) is 11.6 Å². The lowest BCUT2D eigenvalue weighted by atomic mass is 10.2. The largest absolute Gasteiger partial charge is 0.324 e. The molecule has 1 aromatic heterocycles. The van der Waals surface area contributed by atoms with Gasteiger partial charge >= 0.3 is 0 Å². The monoisotopic (exact) mass is 325 g/mol. The van der Waals surface area contributed by atoms with Gasteiger partial charge < -0.3 is 5.32 Å². The number of halogens is 1. The van der Waals surface area contributed by atoms with Crippen LogP contribution in [0.15, 0.2) is 36.7 Å². The Morgan fingerprint density at radius 2 is 2.29 bits per heavy atom. The van der Waals surface area contributed by atoms with Crippen LogP contribution in [0.3, 0.4) is 0 Å². The van der Waals surface area contributed by atoms with Gasteiger partial charge in [0.25, 0.3) is 0 Å². The molecule has 0 saturated carbocycles. The van der Waals surface area contributed by atoms with Crippen molar-refractivity contribution in [3.05, 3.63) is 47.2 Å². The zero-order valence-electron chi connectivity index (χ0n) is 11.7.